The fraction of sp³-hybridized carbons (Fsp3) is 0.440. The minimum atomic E-state index is -4.70. The molecule has 0 atom stereocenters. The lowest BCUT2D eigenvalue weighted by Crippen LogP contribution is -2.37. The first kappa shape index (κ1) is 31.2. The van der Waals surface area contributed by atoms with Crippen molar-refractivity contribution in [2.24, 2.45) is 0 Å². The summed E-state index contributed by atoms with van der Waals surface area (Å²) < 4.78 is 42.8. The molecule has 0 spiro atoms. The Hall–Kier alpha value is -2.01. The van der Waals surface area contributed by atoms with E-state index >= 15 is 0 Å². The Morgan fingerprint density at radius 2 is 1.70 bits per heavy atom. The van der Waals surface area contributed by atoms with E-state index in [0.29, 0.717) is 34.5 Å². The monoisotopic (exact) mass is 623 g/mol. The zero-order chi connectivity index (χ0) is 24.8. The normalized spacial score (nSPS) is 17.4. The quantitative estimate of drug-likeness (QED) is 0.220. The molecule has 12 heteroatoms. The van der Waals surface area contributed by atoms with E-state index < -0.39 is 6.36 Å². The summed E-state index contributed by atoms with van der Waals surface area (Å²) in [4.78, 5) is 9.28. The number of alkyl halides is 3. The van der Waals surface area contributed by atoms with Gasteiger partial charge in [-0.1, -0.05) is 34.1 Å². The molecule has 0 radical (unpaired) electrons. The Bertz CT molecular complexity index is 1150. The maximum Gasteiger partial charge on any atom is 0.573 e. The van der Waals surface area contributed by atoms with E-state index in [0.717, 1.165) is 55.4 Å². The molecule has 1 heterocycles. The topological polar surface area (TPSA) is 71.1 Å². The van der Waals surface area contributed by atoms with Gasteiger partial charge in [0.2, 0.25) is 5.95 Å². The van der Waals surface area contributed by atoms with Crippen LogP contribution in [-0.4, -0.2) is 42.0 Å². The minimum absolute atomic E-state index is 0. The fourth-order valence-corrected chi connectivity index (χ4v) is 4.84. The van der Waals surface area contributed by atoms with Crippen molar-refractivity contribution in [2.45, 2.75) is 57.0 Å². The second kappa shape index (κ2) is 14.2. The number of nitrogens with one attached hydrogen (secondary N) is 3. The van der Waals surface area contributed by atoms with Crippen LogP contribution < -0.4 is 20.7 Å². The number of hydrogen-bond acceptors (Lipinski definition) is 6. The number of aryl methyl sites for hydroxylation is 1. The predicted molar refractivity (Wildman–Crippen MR) is 150 cm³/mol. The Balaban J connectivity index is 0.00000241. The van der Waals surface area contributed by atoms with Crippen LogP contribution in [0.4, 0.5) is 24.9 Å². The Labute approximate surface area is 235 Å². The molecule has 2 aromatic carbocycles. The van der Waals surface area contributed by atoms with Gasteiger partial charge in [0, 0.05) is 29.0 Å². The van der Waals surface area contributed by atoms with Crippen LogP contribution in [0.3, 0.4) is 0 Å². The van der Waals surface area contributed by atoms with Gasteiger partial charge in [-0.3, -0.25) is 0 Å². The van der Waals surface area contributed by atoms with Gasteiger partial charge in [0.15, 0.2) is 0 Å². The molecule has 3 N–H and O–H groups in total. The molecule has 1 aliphatic rings. The summed E-state index contributed by atoms with van der Waals surface area (Å²) in [5.74, 6) is 1.30. The standard InChI is InChI=1S/C25H29BrF3N5O.2ClH/c1-30-23-20-6-2-3-7-21(20)33-24(34-23)32-19-12-10-18(11-13-19)31-14-4-5-16-8-9-17(26)15-22(16)35-25(27,28)29;;/h2-3,6-9,15,18-19,31H,4-5,10-14H2,1H3,(H2,30,32,33,34);2*1H/t18-,19+;;. The van der Waals surface area contributed by atoms with E-state index in [4.69, 9.17) is 0 Å². The number of anilines is 2. The van der Waals surface area contributed by atoms with E-state index in [1.54, 1.807) is 12.1 Å². The van der Waals surface area contributed by atoms with Crippen molar-refractivity contribution in [3.05, 3.63) is 52.5 Å². The molecule has 204 valence electrons. The van der Waals surface area contributed by atoms with E-state index in [9.17, 15) is 13.2 Å². The summed E-state index contributed by atoms with van der Waals surface area (Å²) in [6, 6.07) is 13.4. The summed E-state index contributed by atoms with van der Waals surface area (Å²) in [7, 11) is 1.86. The third kappa shape index (κ3) is 9.05. The van der Waals surface area contributed by atoms with E-state index in [1.807, 2.05) is 31.3 Å². The first-order valence-corrected chi connectivity index (χ1v) is 12.6. The van der Waals surface area contributed by atoms with Crippen molar-refractivity contribution in [1.82, 2.24) is 15.3 Å². The number of ether oxygens (including phenoxy) is 1. The van der Waals surface area contributed by atoms with Gasteiger partial charge < -0.3 is 20.7 Å². The molecule has 6 nitrogen and oxygen atoms in total. The molecule has 0 unspecified atom stereocenters. The van der Waals surface area contributed by atoms with Crippen LogP contribution in [0, 0.1) is 0 Å². The smallest absolute Gasteiger partial charge is 0.405 e. The summed E-state index contributed by atoms with van der Waals surface area (Å²) in [6.45, 7) is 0.740. The van der Waals surface area contributed by atoms with Crippen LogP contribution in [0.5, 0.6) is 5.75 Å². The van der Waals surface area contributed by atoms with Crippen LogP contribution in [0.2, 0.25) is 0 Å². The lowest BCUT2D eigenvalue weighted by Gasteiger charge is -2.30. The molecule has 37 heavy (non-hydrogen) atoms. The van der Waals surface area contributed by atoms with Crippen molar-refractivity contribution in [2.75, 3.05) is 24.2 Å². The lowest BCUT2D eigenvalue weighted by atomic mass is 9.91. The second-order valence-electron chi connectivity index (χ2n) is 8.71. The van der Waals surface area contributed by atoms with Crippen LogP contribution in [0.1, 0.15) is 37.7 Å². The lowest BCUT2D eigenvalue weighted by molar-refractivity contribution is -0.274. The SMILES string of the molecule is CNc1nc(N[C@H]2CC[C@@H](NCCCc3ccc(Br)cc3OC(F)(F)F)CC2)nc2ccccc12.Cl.Cl. The summed E-state index contributed by atoms with van der Waals surface area (Å²) >= 11 is 3.21. The molecular formula is C25H31BrCl2F3N5O. The summed E-state index contributed by atoms with van der Waals surface area (Å²) in [5, 5.41) is 11.2. The van der Waals surface area contributed by atoms with Crippen LogP contribution >= 0.6 is 40.7 Å². The molecular weight excluding hydrogens is 594 g/mol. The molecule has 1 aliphatic carbocycles. The van der Waals surface area contributed by atoms with Gasteiger partial charge in [-0.25, -0.2) is 4.98 Å². The van der Waals surface area contributed by atoms with Crippen LogP contribution in [0.15, 0.2) is 46.9 Å². The molecule has 3 aromatic rings. The van der Waals surface area contributed by atoms with Crippen LogP contribution in [-0.2, 0) is 6.42 Å². The average Bonchev–Trinajstić information content (AvgIpc) is 2.82. The molecule has 0 aliphatic heterocycles. The van der Waals surface area contributed by atoms with Crippen molar-refractivity contribution >= 4 is 63.4 Å². The number of para-hydroxylation sites is 1. The number of hydrogen-bond donors (Lipinski definition) is 3. The molecule has 1 aromatic heterocycles. The highest BCUT2D eigenvalue weighted by Crippen LogP contribution is 2.30. The van der Waals surface area contributed by atoms with Gasteiger partial charge in [-0.15, -0.1) is 38.0 Å². The van der Waals surface area contributed by atoms with Gasteiger partial charge in [0.25, 0.3) is 0 Å². The van der Waals surface area contributed by atoms with Crippen molar-refractivity contribution in [1.29, 1.82) is 0 Å². The van der Waals surface area contributed by atoms with Crippen molar-refractivity contribution < 1.29 is 17.9 Å². The van der Waals surface area contributed by atoms with E-state index in [1.165, 1.54) is 6.07 Å². The molecule has 1 fully saturated rings. The van der Waals surface area contributed by atoms with Crippen molar-refractivity contribution in [3.8, 4) is 5.75 Å². The van der Waals surface area contributed by atoms with Crippen molar-refractivity contribution in [3.63, 3.8) is 0 Å². The highest BCUT2D eigenvalue weighted by Gasteiger charge is 2.32. The summed E-state index contributed by atoms with van der Waals surface area (Å²) in [6.07, 6.45) is 0.572. The van der Waals surface area contributed by atoms with Crippen LogP contribution in [0.25, 0.3) is 10.9 Å². The van der Waals surface area contributed by atoms with E-state index in [-0.39, 0.29) is 30.6 Å². The third-order valence-electron chi connectivity index (χ3n) is 6.21. The molecule has 0 bridgehead atoms. The number of benzene rings is 2. The maximum absolute atomic E-state index is 12.7. The van der Waals surface area contributed by atoms with Gasteiger partial charge in [-0.2, -0.15) is 4.98 Å². The summed E-state index contributed by atoms with van der Waals surface area (Å²) in [5.41, 5.74) is 1.45. The molecule has 0 amide bonds. The maximum atomic E-state index is 12.7. The predicted octanol–water partition coefficient (Wildman–Crippen LogP) is 7.12. The zero-order valence-corrected chi connectivity index (χ0v) is 23.5. The first-order valence-electron chi connectivity index (χ1n) is 11.8. The highest BCUT2D eigenvalue weighted by atomic mass is 79.9. The van der Waals surface area contributed by atoms with E-state index in [2.05, 4.69) is 46.6 Å². The molecule has 0 saturated heterocycles. The number of fused-ring (bicyclic) bond motifs is 1. The Kier molecular flexibility index (Phi) is 12.0. The molecule has 1 saturated carbocycles. The number of aromatic nitrogens is 2. The largest absolute Gasteiger partial charge is 0.573 e. The fourth-order valence-electron chi connectivity index (χ4n) is 4.50. The third-order valence-corrected chi connectivity index (χ3v) is 6.70. The average molecular weight is 625 g/mol. The first-order chi connectivity index (χ1) is 16.8. The minimum Gasteiger partial charge on any atom is -0.405 e. The number of nitrogens with zero attached hydrogens (tertiary/aromatic N) is 2. The molecule has 4 rings (SSSR count). The van der Waals surface area contributed by atoms with Gasteiger partial charge in [0.1, 0.15) is 11.6 Å². The highest BCUT2D eigenvalue weighted by molar-refractivity contribution is 9.10. The zero-order valence-electron chi connectivity index (χ0n) is 20.3. The van der Waals surface area contributed by atoms with Gasteiger partial charge in [0.05, 0.1) is 5.52 Å². The Morgan fingerprint density at radius 1 is 1.00 bits per heavy atom. The number of halogens is 6. The van der Waals surface area contributed by atoms with Gasteiger partial charge >= 0.3 is 6.36 Å². The Morgan fingerprint density at radius 3 is 2.41 bits per heavy atom. The second-order valence-corrected chi connectivity index (χ2v) is 9.63. The number of rotatable bonds is 9. The van der Waals surface area contributed by atoms with Gasteiger partial charge in [-0.05, 0) is 74.9 Å².